The van der Waals surface area contributed by atoms with Crippen molar-refractivity contribution >= 4 is 19.7 Å². The van der Waals surface area contributed by atoms with Gasteiger partial charge >= 0.3 is 25.4 Å². The highest BCUT2D eigenvalue weighted by Gasteiger charge is 2.58. The van der Waals surface area contributed by atoms with Gasteiger partial charge in [0, 0.05) is 12.3 Å². The smallest absolute Gasteiger partial charge is 0.459 e. The summed E-state index contributed by atoms with van der Waals surface area (Å²) in [6.07, 6.45) is -4.01. The Morgan fingerprint density at radius 2 is 1.89 bits per heavy atom. The van der Waals surface area contributed by atoms with E-state index in [1.165, 1.54) is 19.1 Å². The number of carbonyl (C=O) groups excluding carboxylic acids is 2. The van der Waals surface area contributed by atoms with E-state index in [4.69, 9.17) is 23.3 Å². The lowest BCUT2D eigenvalue weighted by atomic mass is 9.98. The molecule has 0 saturated carbocycles. The van der Waals surface area contributed by atoms with Crippen LogP contribution in [-0.2, 0) is 32.9 Å². The average Bonchev–Trinajstić information content (AvgIpc) is 3.07. The van der Waals surface area contributed by atoms with Gasteiger partial charge in [-0.3, -0.25) is 28.5 Å². The fourth-order valence-corrected chi connectivity index (χ4v) is 5.38. The van der Waals surface area contributed by atoms with E-state index in [-0.39, 0.29) is 5.75 Å². The summed E-state index contributed by atoms with van der Waals surface area (Å²) < 4.78 is 57.7. The number of benzene rings is 1. The van der Waals surface area contributed by atoms with Gasteiger partial charge in [-0.25, -0.2) is 13.8 Å². The van der Waals surface area contributed by atoms with Gasteiger partial charge in [0.25, 0.3) is 5.56 Å². The van der Waals surface area contributed by atoms with Crippen molar-refractivity contribution in [1.29, 1.82) is 0 Å². The van der Waals surface area contributed by atoms with Crippen LogP contribution in [0.2, 0.25) is 0 Å². The lowest BCUT2D eigenvalue weighted by molar-refractivity contribution is -0.160. The summed E-state index contributed by atoms with van der Waals surface area (Å²) in [7, 11) is -4.32. The first-order valence-electron chi connectivity index (χ1n) is 11.3. The summed E-state index contributed by atoms with van der Waals surface area (Å²) in [6, 6.07) is 7.77. The first-order chi connectivity index (χ1) is 17.5. The van der Waals surface area contributed by atoms with Crippen molar-refractivity contribution < 1.29 is 41.8 Å². The summed E-state index contributed by atoms with van der Waals surface area (Å²) in [5, 5.41) is 2.47. The number of H-pyrrole nitrogens is 1. The van der Waals surface area contributed by atoms with E-state index in [9.17, 15) is 23.7 Å². The van der Waals surface area contributed by atoms with Crippen LogP contribution in [0.5, 0.6) is 5.75 Å². The molecule has 3 heterocycles. The molecule has 2 saturated heterocycles. The maximum absolute atomic E-state index is 16.1. The number of ether oxygens (including phenoxy) is 3. The van der Waals surface area contributed by atoms with Crippen LogP contribution in [0.1, 0.15) is 26.5 Å². The van der Waals surface area contributed by atoms with Crippen LogP contribution in [0.15, 0.2) is 52.2 Å². The molecule has 2 fully saturated rings. The first-order valence-corrected chi connectivity index (χ1v) is 12.8. The van der Waals surface area contributed by atoms with Gasteiger partial charge < -0.3 is 18.7 Å². The number of aromatic amines is 1. The maximum Gasteiger partial charge on any atom is 0.459 e. The van der Waals surface area contributed by atoms with E-state index in [1.54, 1.807) is 18.2 Å². The van der Waals surface area contributed by atoms with Gasteiger partial charge in [-0.2, -0.15) is 5.09 Å². The SMILES string of the molecule is C[C@@H]1N[P@@](=O)(Oc2ccccc2)OC[C@H]2O[C@@H](n3ccc(=O)[nH]c3=O)[C@](C)(F)[C@@H]2OC(=O)CCOC1=O. The van der Waals surface area contributed by atoms with Crippen LogP contribution >= 0.6 is 7.75 Å². The lowest BCUT2D eigenvalue weighted by Crippen LogP contribution is -2.46. The van der Waals surface area contributed by atoms with Gasteiger partial charge in [0.05, 0.1) is 13.0 Å². The zero-order valence-electron chi connectivity index (χ0n) is 19.8. The molecular formula is C22H25FN3O10P. The topological polar surface area (TPSA) is 164 Å². The Hall–Kier alpha value is -3.32. The summed E-state index contributed by atoms with van der Waals surface area (Å²) in [5.74, 6) is -1.60. The molecule has 200 valence electrons. The third-order valence-corrected chi connectivity index (χ3v) is 7.32. The van der Waals surface area contributed by atoms with Gasteiger partial charge in [-0.05, 0) is 26.0 Å². The molecule has 2 aliphatic heterocycles. The molecule has 15 heteroatoms. The van der Waals surface area contributed by atoms with Crippen molar-refractivity contribution in [2.45, 2.75) is 50.4 Å². The number of halogens is 1. The van der Waals surface area contributed by atoms with Crippen molar-refractivity contribution in [3.63, 3.8) is 0 Å². The Balaban J connectivity index is 1.67. The van der Waals surface area contributed by atoms with Crippen molar-refractivity contribution in [3.05, 3.63) is 63.4 Å². The monoisotopic (exact) mass is 541 g/mol. The number of nitrogens with zero attached hydrogens (tertiary/aromatic N) is 1. The number of rotatable bonds is 3. The third-order valence-electron chi connectivity index (χ3n) is 5.68. The standard InChI is InChI=1S/C22H25FN3O10P/c1-13-19(29)32-11-9-17(28)35-18-15(12-33-37(31,25-13)36-14-6-4-3-5-7-14)34-20(22(18,2)23)26-10-8-16(27)24-21(26)30/h3-8,10,13,15,18,20H,9,11-12H2,1-2H3,(H,25,31)(H,24,27,30)/t13-,15+,18+,20+,22+,37-/m0/s1. The number of nitrogens with one attached hydrogen (secondary N) is 2. The minimum absolute atomic E-state index is 0.145. The number of fused-ring (bicyclic) bond motifs is 1. The minimum atomic E-state index is -4.32. The molecule has 1 aromatic carbocycles. The second kappa shape index (κ2) is 10.6. The normalized spacial score (nSPS) is 33.2. The predicted octanol–water partition coefficient (Wildman–Crippen LogP) is 1.20. The first kappa shape index (κ1) is 26.7. The number of para-hydroxylation sites is 1. The Kier molecular flexibility index (Phi) is 7.64. The van der Waals surface area contributed by atoms with E-state index in [2.05, 4.69) is 5.09 Å². The molecule has 1 aromatic heterocycles. The maximum atomic E-state index is 16.1. The third kappa shape index (κ3) is 5.99. The van der Waals surface area contributed by atoms with Gasteiger partial charge in [0.1, 0.15) is 24.5 Å². The highest BCUT2D eigenvalue weighted by Crippen LogP contribution is 2.48. The fourth-order valence-electron chi connectivity index (χ4n) is 3.87. The average molecular weight is 541 g/mol. The summed E-state index contributed by atoms with van der Waals surface area (Å²) in [5.41, 5.74) is -4.16. The quantitative estimate of drug-likeness (QED) is 0.424. The van der Waals surface area contributed by atoms with E-state index in [1.807, 2.05) is 4.98 Å². The molecule has 4 rings (SSSR count). The number of hydrogen-bond donors (Lipinski definition) is 2. The van der Waals surface area contributed by atoms with Gasteiger partial charge in [0.15, 0.2) is 18.0 Å². The number of esters is 2. The number of hydrogen-bond acceptors (Lipinski definition) is 10. The number of carbonyl (C=O) groups is 2. The van der Waals surface area contributed by atoms with Gasteiger partial charge in [-0.15, -0.1) is 0 Å². The van der Waals surface area contributed by atoms with Crippen LogP contribution in [0.4, 0.5) is 4.39 Å². The number of alkyl halides is 1. The molecule has 2 N–H and O–H groups in total. The minimum Gasteiger partial charge on any atom is -0.464 e. The summed E-state index contributed by atoms with van der Waals surface area (Å²) in [4.78, 5) is 50.5. The summed E-state index contributed by atoms with van der Waals surface area (Å²) in [6.45, 7) is 1.38. The molecule has 6 atom stereocenters. The molecule has 0 amide bonds. The molecular weight excluding hydrogens is 516 g/mol. The number of cyclic esters (lactones) is 1. The molecule has 0 unspecified atom stereocenters. The lowest BCUT2D eigenvalue weighted by Gasteiger charge is -2.28. The largest absolute Gasteiger partial charge is 0.464 e. The Labute approximate surface area is 209 Å². The van der Waals surface area contributed by atoms with Crippen molar-refractivity contribution in [1.82, 2.24) is 14.6 Å². The second-order valence-corrected chi connectivity index (χ2v) is 10.3. The van der Waals surface area contributed by atoms with Crippen LogP contribution in [-0.4, -0.2) is 58.6 Å². The van der Waals surface area contributed by atoms with Crippen LogP contribution < -0.4 is 20.9 Å². The molecule has 13 nitrogen and oxygen atoms in total. The van der Waals surface area contributed by atoms with E-state index >= 15 is 4.39 Å². The van der Waals surface area contributed by atoms with Crippen LogP contribution in [0.25, 0.3) is 0 Å². The summed E-state index contributed by atoms with van der Waals surface area (Å²) >= 11 is 0. The molecule has 37 heavy (non-hydrogen) atoms. The van der Waals surface area contributed by atoms with E-state index in [0.29, 0.717) is 0 Å². The highest BCUT2D eigenvalue weighted by atomic mass is 31.2. The molecule has 0 aliphatic carbocycles. The zero-order valence-corrected chi connectivity index (χ0v) is 20.7. The number of aromatic nitrogens is 2. The van der Waals surface area contributed by atoms with Crippen molar-refractivity contribution in [3.8, 4) is 5.75 Å². The van der Waals surface area contributed by atoms with E-state index < -0.39 is 80.7 Å². The Bertz CT molecular complexity index is 1310. The van der Waals surface area contributed by atoms with E-state index in [0.717, 1.165) is 23.8 Å². The highest BCUT2D eigenvalue weighted by molar-refractivity contribution is 7.52. The zero-order chi connectivity index (χ0) is 26.8. The van der Waals surface area contributed by atoms with Crippen LogP contribution in [0.3, 0.4) is 0 Å². The Morgan fingerprint density at radius 3 is 2.59 bits per heavy atom. The van der Waals surface area contributed by atoms with Crippen molar-refractivity contribution in [2.75, 3.05) is 13.2 Å². The molecule has 0 spiro atoms. The fraction of sp³-hybridized carbons (Fsp3) is 0.455. The molecule has 2 aromatic rings. The van der Waals surface area contributed by atoms with Gasteiger partial charge in [0.2, 0.25) is 0 Å². The molecule has 0 radical (unpaired) electrons. The molecule has 2 aliphatic rings. The second-order valence-electron chi connectivity index (χ2n) is 8.57. The van der Waals surface area contributed by atoms with Crippen LogP contribution in [0, 0.1) is 0 Å². The predicted molar refractivity (Wildman–Crippen MR) is 123 cm³/mol. The van der Waals surface area contributed by atoms with Crippen molar-refractivity contribution in [2.24, 2.45) is 0 Å². The molecule has 0 bridgehead atoms. The van der Waals surface area contributed by atoms with Gasteiger partial charge in [-0.1, -0.05) is 18.2 Å². The Morgan fingerprint density at radius 1 is 1.16 bits per heavy atom.